The minimum Gasteiger partial charge on any atom is -0.394 e. The molecule has 48 heteroatoms. The first-order valence-electron chi connectivity index (χ1n) is 34.3. The van der Waals surface area contributed by atoms with Crippen molar-refractivity contribution in [2.24, 2.45) is 0 Å². The van der Waals surface area contributed by atoms with E-state index in [2.05, 4.69) is 26.6 Å². The van der Waals surface area contributed by atoms with Gasteiger partial charge in [0.1, 0.15) is 195 Å². The van der Waals surface area contributed by atoms with Gasteiger partial charge in [0.25, 0.3) is 0 Å². The van der Waals surface area contributed by atoms with Crippen LogP contribution in [0.25, 0.3) is 0 Å². The monoisotopic (exact) mass is 1580 g/mol. The molecule has 8 fully saturated rings. The van der Waals surface area contributed by atoms with Crippen LogP contribution in [0.2, 0.25) is 0 Å². The molecule has 48 nitrogen and oxygen atoms in total. The summed E-state index contributed by atoms with van der Waals surface area (Å²) in [4.78, 5) is 62.0. The molecule has 0 unspecified atom stereocenters. The topological polar surface area (TPSA) is 738 Å². The van der Waals surface area contributed by atoms with Crippen LogP contribution in [0.15, 0.2) is 0 Å². The average Bonchev–Trinajstić information content (AvgIpc) is 0.768. The van der Waals surface area contributed by atoms with Gasteiger partial charge in [-0.15, -0.1) is 0 Å². The third kappa shape index (κ3) is 20.5. The van der Waals surface area contributed by atoms with Crippen molar-refractivity contribution in [3.05, 3.63) is 0 Å². The summed E-state index contributed by atoms with van der Waals surface area (Å²) in [5.41, 5.74) is 0. The molecule has 0 aliphatic carbocycles. The normalized spacial score (nSPS) is 46.2. The lowest BCUT2D eigenvalue weighted by atomic mass is 9.93. The van der Waals surface area contributed by atoms with Gasteiger partial charge in [-0.1, -0.05) is 0 Å². The van der Waals surface area contributed by atoms with Gasteiger partial charge in [0, 0.05) is 27.7 Å². The molecule has 0 bridgehead atoms. The highest BCUT2D eigenvalue weighted by Crippen LogP contribution is 2.39. The molecule has 0 aromatic carbocycles. The molecule has 8 heterocycles. The highest BCUT2D eigenvalue weighted by Gasteiger charge is 2.60. The number of ether oxygens (including phenoxy) is 16. The second kappa shape index (κ2) is 40.2. The Bertz CT molecular complexity index is 2830. The molecular weight excluding hydrogens is 1480 g/mol. The fourth-order valence-corrected chi connectivity index (χ4v) is 13.6. The number of rotatable bonds is 32. The lowest BCUT2D eigenvalue weighted by Gasteiger charge is -2.51. The summed E-state index contributed by atoms with van der Waals surface area (Å²) in [7, 11) is 0. The molecule has 8 rings (SSSR count). The van der Waals surface area contributed by atoms with Gasteiger partial charge >= 0.3 is 0 Å². The standard InChI is InChI=1S/C60H101N5O43/c1-16(75)62-29-39(85)33(79)21(6-67)95-54(29)106-50-36(82)24(9-70)98-58(44(50)90)103-47-26(11-72)100-53(31(41(47)87)64-18(3)77)94-14-28-38(84)52(107-55-30(63-17(2)76)40(86)34(80)22(7-68)96-55)46(92)60(102-28)105-49-32(65-19(4)78)56(97-23(8-69)35(49)81)108-51-37(83)25(10-71)99-59(45(51)91)104-48-27(12-73)101-57(43(89)42(48)88)93-13-20(5-66)61-15-74/h15,20-60,66-73,79-92H,5-14H2,1-4H3,(H,61,74)(H,62,75)(H,63,76)(H,64,77)(H,65,78)/t20-,21-,22-,23-,24-,25-,26-,27-,28-,29-,30-,31-,32-,33+,34-,35-,36+,37+,38+,39-,40-,41-,42-,43-,44-,45-,46-,47-,48-,49-,50+,51+,52+,53-,54-,55+,56+,57-,58+,59+,60+/m1/s1. The quantitative estimate of drug-likeness (QED) is 0.0278. The van der Waals surface area contributed by atoms with Crippen LogP contribution in [0.5, 0.6) is 0 Å². The van der Waals surface area contributed by atoms with Crippen LogP contribution in [-0.2, 0) is 99.8 Å². The van der Waals surface area contributed by atoms with Gasteiger partial charge in [-0.3, -0.25) is 24.0 Å². The summed E-state index contributed by atoms with van der Waals surface area (Å²) < 4.78 is 94.1. The maximum atomic E-state index is 13.3. The minimum absolute atomic E-state index is 0.250. The predicted molar refractivity (Wildman–Crippen MR) is 335 cm³/mol. The van der Waals surface area contributed by atoms with Gasteiger partial charge in [-0.25, -0.2) is 0 Å². The molecule has 0 aromatic heterocycles. The fraction of sp³-hybridized carbons (Fsp3) is 0.917. The molecule has 0 spiro atoms. The van der Waals surface area contributed by atoms with Crippen LogP contribution in [0.1, 0.15) is 27.7 Å². The highest BCUT2D eigenvalue weighted by atomic mass is 16.8. The van der Waals surface area contributed by atoms with E-state index in [0.29, 0.717) is 0 Å². The number of hydrogen-bond acceptors (Lipinski definition) is 43. The number of aliphatic hydroxyl groups is 22. The molecule has 8 aliphatic rings. The molecule has 0 radical (unpaired) electrons. The SMILES string of the molecule is CC(=O)N[C@H]1[C@H](OC[C@H]2O[C@@H](O[C@H]3[C@H](O)[C@@H](CO)O[C@@H](O[C@H]4[C@@H](O)[C@@H](CO)O[C@@H](O[C@H]5[C@H](O)[C@@H](O)[C@H](OC[C@@H](CO)NC=O)O[C@@H]5CO)[C@@H]4O)[C@@H]3NC(C)=O)[C@H](O)[C@@H](O[C@@H]3O[C@H](CO)[C@@H](O)[C@H](O)[C@H]3NC(C)=O)[C@H]2O)O[C@H](CO)[C@@H](O[C@@H]2O[C@H](CO)[C@H](O)[C@H](O[C@H]3O[C@H](CO)[C@H](O)[C@H](O)[C@H]3NC(C)=O)[C@H]2O)[C@@H]1O. The Morgan fingerprint density at radius 1 is 0.306 bits per heavy atom. The van der Waals surface area contributed by atoms with Gasteiger partial charge in [-0.2, -0.15) is 0 Å². The van der Waals surface area contributed by atoms with E-state index in [9.17, 15) is 136 Å². The summed E-state index contributed by atoms with van der Waals surface area (Å²) >= 11 is 0. The Morgan fingerprint density at radius 2 is 0.602 bits per heavy atom. The molecule has 8 saturated heterocycles. The molecule has 8 aliphatic heterocycles. The minimum atomic E-state index is -2.45. The Morgan fingerprint density at radius 3 is 0.981 bits per heavy atom. The molecule has 0 aromatic rings. The van der Waals surface area contributed by atoms with Crippen molar-refractivity contribution in [2.75, 3.05) is 66.1 Å². The van der Waals surface area contributed by atoms with Crippen molar-refractivity contribution in [3.8, 4) is 0 Å². The maximum absolute atomic E-state index is 13.3. The molecule has 0 saturated carbocycles. The number of aliphatic hydroxyl groups excluding tert-OH is 22. The molecule has 27 N–H and O–H groups in total. The molecule has 108 heavy (non-hydrogen) atoms. The average molecular weight is 1580 g/mol. The van der Waals surface area contributed by atoms with E-state index < -0.39 is 341 Å². The van der Waals surface area contributed by atoms with Crippen molar-refractivity contribution in [2.45, 2.75) is 279 Å². The second-order valence-corrected chi connectivity index (χ2v) is 26.8. The second-order valence-electron chi connectivity index (χ2n) is 26.8. The van der Waals surface area contributed by atoms with Gasteiger partial charge in [0.2, 0.25) is 30.0 Å². The van der Waals surface area contributed by atoms with Gasteiger partial charge in [0.05, 0.1) is 72.1 Å². The van der Waals surface area contributed by atoms with Crippen LogP contribution in [0.4, 0.5) is 0 Å². The zero-order valence-corrected chi connectivity index (χ0v) is 58.2. The first kappa shape index (κ1) is 89.4. The van der Waals surface area contributed by atoms with Gasteiger partial charge in [-0.05, 0) is 0 Å². The number of nitrogens with one attached hydrogen (secondary N) is 5. The van der Waals surface area contributed by atoms with Crippen LogP contribution < -0.4 is 26.6 Å². The predicted octanol–water partition coefficient (Wildman–Crippen LogP) is -18.7. The lowest BCUT2D eigenvalue weighted by molar-refractivity contribution is -0.386. The van der Waals surface area contributed by atoms with E-state index >= 15 is 0 Å². The summed E-state index contributed by atoms with van der Waals surface area (Å²) in [6.45, 7) is -5.70. The number of carbonyl (C=O) groups is 5. The van der Waals surface area contributed by atoms with E-state index in [-0.39, 0.29) is 6.41 Å². The first-order valence-corrected chi connectivity index (χ1v) is 34.3. The summed E-state index contributed by atoms with van der Waals surface area (Å²) in [5.74, 6) is -3.57. The Kier molecular flexibility index (Phi) is 33.3. The zero-order chi connectivity index (χ0) is 79.6. The Balaban J connectivity index is 1.07. The fourth-order valence-electron chi connectivity index (χ4n) is 13.6. The van der Waals surface area contributed by atoms with Gasteiger partial charge < -0.3 is 215 Å². The van der Waals surface area contributed by atoms with Crippen LogP contribution in [-0.4, -0.2) is 460 Å². The highest BCUT2D eigenvalue weighted by molar-refractivity contribution is 5.74. The van der Waals surface area contributed by atoms with E-state index in [4.69, 9.17) is 75.8 Å². The summed E-state index contributed by atoms with van der Waals surface area (Å²) in [6.07, 6.45) is -72.5. The third-order valence-electron chi connectivity index (χ3n) is 19.2. The third-order valence-corrected chi connectivity index (χ3v) is 19.2. The lowest BCUT2D eigenvalue weighted by Crippen LogP contribution is -2.71. The zero-order valence-electron chi connectivity index (χ0n) is 58.2. The summed E-state index contributed by atoms with van der Waals surface area (Å²) in [6, 6.07) is -8.33. The summed E-state index contributed by atoms with van der Waals surface area (Å²) in [5, 5.41) is 256. The Labute approximate surface area is 612 Å². The smallest absolute Gasteiger partial charge is 0.217 e. The molecule has 5 amide bonds. The van der Waals surface area contributed by atoms with Crippen LogP contribution in [0, 0.1) is 0 Å². The van der Waals surface area contributed by atoms with E-state index in [0.717, 1.165) is 27.7 Å². The van der Waals surface area contributed by atoms with Crippen molar-refractivity contribution in [1.82, 2.24) is 26.6 Å². The number of amides is 5. The molecule has 624 valence electrons. The largest absolute Gasteiger partial charge is 0.394 e. The molecule has 41 atom stereocenters. The van der Waals surface area contributed by atoms with E-state index in [1.807, 2.05) is 0 Å². The van der Waals surface area contributed by atoms with E-state index in [1.165, 1.54) is 0 Å². The van der Waals surface area contributed by atoms with Crippen LogP contribution in [0.3, 0.4) is 0 Å². The molecular formula is C60H101N5O43. The number of hydrogen-bond donors (Lipinski definition) is 27. The van der Waals surface area contributed by atoms with Gasteiger partial charge in [0.15, 0.2) is 50.3 Å². The Hall–Kier alpha value is -4.17. The maximum Gasteiger partial charge on any atom is 0.217 e. The van der Waals surface area contributed by atoms with Crippen molar-refractivity contribution >= 4 is 30.0 Å². The number of carbonyl (C=O) groups excluding carboxylic acids is 5. The van der Waals surface area contributed by atoms with E-state index in [1.54, 1.807) is 0 Å². The van der Waals surface area contributed by atoms with Crippen molar-refractivity contribution in [3.63, 3.8) is 0 Å². The van der Waals surface area contributed by atoms with Crippen molar-refractivity contribution < 1.29 is 212 Å². The van der Waals surface area contributed by atoms with Crippen LogP contribution >= 0.6 is 0 Å². The van der Waals surface area contributed by atoms with Crippen molar-refractivity contribution in [1.29, 1.82) is 0 Å². The first-order chi connectivity index (χ1) is 51.2.